The van der Waals surface area contributed by atoms with E-state index in [0.717, 1.165) is 21.9 Å². The quantitative estimate of drug-likeness (QED) is 0.605. The van der Waals surface area contributed by atoms with Gasteiger partial charge in [-0.15, -0.1) is 23.4 Å². The molecule has 0 saturated heterocycles. The highest BCUT2D eigenvalue weighted by Crippen LogP contribution is 2.29. The van der Waals surface area contributed by atoms with Gasteiger partial charge in [0.2, 0.25) is 0 Å². The summed E-state index contributed by atoms with van der Waals surface area (Å²) in [5.74, 6) is 3.01. The van der Waals surface area contributed by atoms with Gasteiger partial charge in [0.1, 0.15) is 10.8 Å². The van der Waals surface area contributed by atoms with Crippen LogP contribution < -0.4 is 4.74 Å². The minimum atomic E-state index is 0.485. The van der Waals surface area contributed by atoms with Gasteiger partial charge in [-0.05, 0) is 29.5 Å². The maximum absolute atomic E-state index is 5.83. The second-order valence-corrected chi connectivity index (χ2v) is 5.59. The number of nitrogens with zero attached hydrogens (tertiary/aromatic N) is 1. The molecule has 1 heterocycles. The Bertz CT molecular complexity index is 532. The lowest BCUT2D eigenvalue weighted by Gasteiger charge is -2.09. The average molecular weight is 282 g/mol. The number of benzene rings is 1. The van der Waals surface area contributed by atoms with Gasteiger partial charge in [0.15, 0.2) is 0 Å². The molecule has 2 aromatic rings. The van der Waals surface area contributed by atoms with Crippen LogP contribution in [-0.4, -0.2) is 23.7 Å². The van der Waals surface area contributed by atoms with Crippen molar-refractivity contribution in [3.05, 3.63) is 30.5 Å². The Morgan fingerprint density at radius 1 is 1.39 bits per heavy atom. The van der Waals surface area contributed by atoms with Gasteiger partial charge in [0, 0.05) is 23.2 Å². The van der Waals surface area contributed by atoms with Gasteiger partial charge in [0.05, 0.1) is 7.11 Å². The molecule has 0 bridgehead atoms. The first-order valence-corrected chi connectivity index (χ1v) is 7.38. The average Bonchev–Trinajstić information content (AvgIpc) is 2.43. The number of pyridine rings is 1. The Balaban J connectivity index is 2.31. The van der Waals surface area contributed by atoms with Gasteiger partial charge < -0.3 is 4.74 Å². The largest absolute Gasteiger partial charge is 0.497 e. The summed E-state index contributed by atoms with van der Waals surface area (Å²) in [6.07, 6.45) is 1.85. The first kappa shape index (κ1) is 13.5. The Morgan fingerprint density at radius 3 is 2.94 bits per heavy atom. The molecule has 0 radical (unpaired) electrons. The summed E-state index contributed by atoms with van der Waals surface area (Å²) in [6, 6.07) is 8.09. The van der Waals surface area contributed by atoms with Crippen molar-refractivity contribution in [2.45, 2.75) is 11.9 Å². The first-order valence-electron chi connectivity index (χ1n) is 5.86. The molecule has 0 saturated carbocycles. The third kappa shape index (κ3) is 3.09. The van der Waals surface area contributed by atoms with Crippen molar-refractivity contribution in [1.29, 1.82) is 0 Å². The van der Waals surface area contributed by atoms with Gasteiger partial charge in [-0.25, -0.2) is 4.98 Å². The highest BCUT2D eigenvalue weighted by atomic mass is 35.5. The molecule has 4 heteroatoms. The number of fused-ring (bicyclic) bond motifs is 1. The van der Waals surface area contributed by atoms with Crippen molar-refractivity contribution in [2.24, 2.45) is 5.92 Å². The molecule has 0 fully saturated rings. The fourth-order valence-electron chi connectivity index (χ4n) is 1.63. The first-order chi connectivity index (χ1) is 8.74. The molecule has 0 aliphatic rings. The molecule has 96 valence electrons. The molecule has 0 aliphatic heterocycles. The predicted molar refractivity (Wildman–Crippen MR) is 78.9 cm³/mol. The fourth-order valence-corrected chi connectivity index (χ4v) is 2.89. The van der Waals surface area contributed by atoms with E-state index in [1.807, 2.05) is 24.4 Å². The molecule has 2 rings (SSSR count). The van der Waals surface area contributed by atoms with E-state index in [1.165, 1.54) is 5.39 Å². The van der Waals surface area contributed by atoms with Crippen LogP contribution in [0.3, 0.4) is 0 Å². The molecule has 0 N–H and O–H groups in total. The molecule has 18 heavy (non-hydrogen) atoms. The van der Waals surface area contributed by atoms with E-state index in [4.69, 9.17) is 16.3 Å². The molecule has 1 atom stereocenters. The van der Waals surface area contributed by atoms with Crippen molar-refractivity contribution < 1.29 is 4.74 Å². The number of hydrogen-bond acceptors (Lipinski definition) is 3. The number of alkyl halides is 1. The van der Waals surface area contributed by atoms with Crippen molar-refractivity contribution >= 4 is 34.1 Å². The Hall–Kier alpha value is -0.930. The summed E-state index contributed by atoms with van der Waals surface area (Å²) in [4.78, 5) is 4.45. The number of aromatic nitrogens is 1. The summed E-state index contributed by atoms with van der Waals surface area (Å²) >= 11 is 7.58. The zero-order chi connectivity index (χ0) is 13.0. The Labute approximate surface area is 117 Å². The van der Waals surface area contributed by atoms with Crippen molar-refractivity contribution in [1.82, 2.24) is 4.98 Å². The van der Waals surface area contributed by atoms with E-state index in [-0.39, 0.29) is 0 Å². The van der Waals surface area contributed by atoms with E-state index in [2.05, 4.69) is 18.0 Å². The number of halogens is 1. The van der Waals surface area contributed by atoms with Crippen LogP contribution in [0.2, 0.25) is 0 Å². The Kier molecular flexibility index (Phi) is 4.72. The fraction of sp³-hybridized carbons (Fsp3) is 0.357. The number of methoxy groups -OCH3 is 1. The van der Waals surface area contributed by atoms with Crippen LogP contribution in [0.25, 0.3) is 10.8 Å². The van der Waals surface area contributed by atoms with E-state index in [1.54, 1.807) is 18.9 Å². The SMILES string of the molecule is COc1ccc2ccnc(SCC(C)CCl)c2c1. The van der Waals surface area contributed by atoms with Crippen LogP contribution in [0, 0.1) is 5.92 Å². The highest BCUT2D eigenvalue weighted by molar-refractivity contribution is 7.99. The highest BCUT2D eigenvalue weighted by Gasteiger charge is 2.07. The molecule has 1 aromatic heterocycles. The maximum atomic E-state index is 5.83. The number of hydrogen-bond donors (Lipinski definition) is 0. The van der Waals surface area contributed by atoms with Crippen LogP contribution in [0.1, 0.15) is 6.92 Å². The smallest absolute Gasteiger partial charge is 0.119 e. The summed E-state index contributed by atoms with van der Waals surface area (Å²) in [7, 11) is 1.68. The zero-order valence-corrected chi connectivity index (χ0v) is 12.1. The summed E-state index contributed by atoms with van der Waals surface area (Å²) in [5.41, 5.74) is 0. The summed E-state index contributed by atoms with van der Waals surface area (Å²) < 4.78 is 5.27. The summed E-state index contributed by atoms with van der Waals surface area (Å²) in [5, 5.41) is 3.37. The third-order valence-electron chi connectivity index (χ3n) is 2.70. The van der Waals surface area contributed by atoms with E-state index in [0.29, 0.717) is 11.8 Å². The second kappa shape index (κ2) is 6.30. The molecule has 1 aromatic carbocycles. The summed E-state index contributed by atoms with van der Waals surface area (Å²) in [6.45, 7) is 2.14. The van der Waals surface area contributed by atoms with Gasteiger partial charge in [-0.1, -0.05) is 13.0 Å². The lowest BCUT2D eigenvalue weighted by Crippen LogP contribution is -1.99. The minimum Gasteiger partial charge on any atom is -0.497 e. The minimum absolute atomic E-state index is 0.485. The van der Waals surface area contributed by atoms with Gasteiger partial charge >= 0.3 is 0 Å². The molecule has 1 unspecified atom stereocenters. The van der Waals surface area contributed by atoms with Crippen LogP contribution in [0.5, 0.6) is 5.75 Å². The van der Waals surface area contributed by atoms with Crippen LogP contribution in [-0.2, 0) is 0 Å². The van der Waals surface area contributed by atoms with Crippen molar-refractivity contribution in [3.8, 4) is 5.75 Å². The number of rotatable bonds is 5. The lowest BCUT2D eigenvalue weighted by atomic mass is 10.2. The van der Waals surface area contributed by atoms with E-state index in [9.17, 15) is 0 Å². The number of ether oxygens (including phenoxy) is 1. The maximum Gasteiger partial charge on any atom is 0.119 e. The van der Waals surface area contributed by atoms with Crippen molar-refractivity contribution in [2.75, 3.05) is 18.7 Å². The van der Waals surface area contributed by atoms with E-state index >= 15 is 0 Å². The zero-order valence-electron chi connectivity index (χ0n) is 10.5. The van der Waals surface area contributed by atoms with Crippen LogP contribution >= 0.6 is 23.4 Å². The normalized spacial score (nSPS) is 12.6. The van der Waals surface area contributed by atoms with Gasteiger partial charge in [-0.3, -0.25) is 0 Å². The molecule has 0 aliphatic carbocycles. The van der Waals surface area contributed by atoms with Crippen molar-refractivity contribution in [3.63, 3.8) is 0 Å². The number of thioether (sulfide) groups is 1. The monoisotopic (exact) mass is 281 g/mol. The molecule has 2 nitrogen and oxygen atoms in total. The van der Waals surface area contributed by atoms with Crippen LogP contribution in [0.15, 0.2) is 35.5 Å². The molecule has 0 amide bonds. The second-order valence-electron chi connectivity index (χ2n) is 4.27. The van der Waals surface area contributed by atoms with Crippen LogP contribution in [0.4, 0.5) is 0 Å². The lowest BCUT2D eigenvalue weighted by molar-refractivity contribution is 0.415. The topological polar surface area (TPSA) is 22.1 Å². The van der Waals surface area contributed by atoms with Gasteiger partial charge in [0.25, 0.3) is 0 Å². The standard InChI is InChI=1S/C14H16ClNOS/c1-10(8-15)9-18-14-13-7-12(17-2)4-3-11(13)5-6-16-14/h3-7,10H,8-9H2,1-2H3. The molecular formula is C14H16ClNOS. The predicted octanol–water partition coefficient (Wildman–Crippen LogP) is 4.21. The molecule has 0 spiro atoms. The van der Waals surface area contributed by atoms with Gasteiger partial charge in [-0.2, -0.15) is 0 Å². The third-order valence-corrected chi connectivity index (χ3v) is 4.57. The molecular weight excluding hydrogens is 266 g/mol. The Morgan fingerprint density at radius 2 is 2.22 bits per heavy atom. The van der Waals surface area contributed by atoms with E-state index < -0.39 is 0 Å².